The molecule has 1 rings (SSSR count). The first kappa shape index (κ1) is 7.25. The van der Waals surface area contributed by atoms with Gasteiger partial charge < -0.3 is 10.2 Å². The lowest BCUT2D eigenvalue weighted by molar-refractivity contribution is -0.0425. The van der Waals surface area contributed by atoms with Gasteiger partial charge in [0.15, 0.2) is 6.29 Å². The first-order valence-electron chi connectivity index (χ1n) is 2.98. The minimum atomic E-state index is -1.39. The highest BCUT2D eigenvalue weighted by Crippen LogP contribution is 2.10. The van der Waals surface area contributed by atoms with E-state index in [0.717, 1.165) is 5.56 Å². The third-order valence-corrected chi connectivity index (χ3v) is 1.25. The predicted molar refractivity (Wildman–Crippen MR) is 38.1 cm³/mol. The topological polar surface area (TPSA) is 40.5 Å². The van der Waals surface area contributed by atoms with Gasteiger partial charge >= 0.3 is 0 Å². The van der Waals surface area contributed by atoms with E-state index in [1.807, 2.05) is 0 Å². The fourth-order valence-electron chi connectivity index (χ4n) is 0.754. The zero-order chi connectivity index (χ0) is 7.56. The van der Waals surface area contributed by atoms with Crippen LogP contribution in [-0.4, -0.2) is 10.2 Å². The van der Waals surface area contributed by atoms with E-state index in [0.29, 0.717) is 5.56 Å². The van der Waals surface area contributed by atoms with Gasteiger partial charge in [-0.05, 0) is 12.5 Å². The third-order valence-electron chi connectivity index (χ3n) is 1.25. The van der Waals surface area contributed by atoms with Crippen molar-refractivity contribution in [2.75, 3.05) is 0 Å². The third kappa shape index (κ3) is 1.56. The summed E-state index contributed by atoms with van der Waals surface area (Å²) in [6, 6.07) is 6.80. The number of hydrogen-bond donors (Lipinski definition) is 2. The molecule has 0 amide bonds. The smallest absolute Gasteiger partial charge is 0.178 e. The minimum absolute atomic E-state index is 0.479. The second kappa shape index (κ2) is 2.82. The van der Waals surface area contributed by atoms with E-state index < -0.39 is 6.29 Å². The van der Waals surface area contributed by atoms with Gasteiger partial charge in [0.25, 0.3) is 0 Å². The Morgan fingerprint density at radius 3 is 2.40 bits per heavy atom. The van der Waals surface area contributed by atoms with Crippen LogP contribution in [0.15, 0.2) is 24.3 Å². The second-order valence-electron chi connectivity index (χ2n) is 2.12. The number of aliphatic hydroxyl groups excluding tert-OH is 1. The zero-order valence-electron chi connectivity index (χ0n) is 5.49. The number of rotatable bonds is 1. The van der Waals surface area contributed by atoms with Crippen LogP contribution in [-0.2, 0) is 0 Å². The fraction of sp³-hybridized carbons (Fsp3) is 0.125. The molecule has 10 heavy (non-hydrogen) atoms. The van der Waals surface area contributed by atoms with E-state index in [1.165, 1.54) is 0 Å². The molecule has 0 aromatic heterocycles. The minimum Gasteiger partial charge on any atom is -0.364 e. The van der Waals surface area contributed by atoms with E-state index in [-0.39, 0.29) is 0 Å². The summed E-state index contributed by atoms with van der Waals surface area (Å²) < 4.78 is 0. The Balaban J connectivity index is 2.96. The molecule has 0 atom stereocenters. The van der Waals surface area contributed by atoms with Crippen LogP contribution in [0, 0.1) is 6.92 Å². The molecule has 0 aliphatic rings. The van der Waals surface area contributed by atoms with Crippen molar-refractivity contribution < 1.29 is 10.2 Å². The first-order valence-corrected chi connectivity index (χ1v) is 2.98. The van der Waals surface area contributed by atoms with Crippen LogP contribution in [0.3, 0.4) is 0 Å². The molecule has 2 nitrogen and oxygen atoms in total. The highest BCUT2D eigenvalue weighted by atomic mass is 16.5. The van der Waals surface area contributed by atoms with Crippen molar-refractivity contribution in [3.63, 3.8) is 0 Å². The molecule has 2 N–H and O–H groups in total. The molecule has 0 saturated carbocycles. The van der Waals surface area contributed by atoms with Crippen LogP contribution in [0.25, 0.3) is 0 Å². The summed E-state index contributed by atoms with van der Waals surface area (Å²) in [5, 5.41) is 17.4. The maximum atomic E-state index is 8.68. The van der Waals surface area contributed by atoms with Gasteiger partial charge in [0.1, 0.15) is 0 Å². The van der Waals surface area contributed by atoms with Gasteiger partial charge in [-0.3, -0.25) is 0 Å². The van der Waals surface area contributed by atoms with Crippen molar-refractivity contribution in [2.45, 2.75) is 6.29 Å². The van der Waals surface area contributed by atoms with Gasteiger partial charge in [0, 0.05) is 5.56 Å². The van der Waals surface area contributed by atoms with Crippen LogP contribution < -0.4 is 0 Å². The van der Waals surface area contributed by atoms with Gasteiger partial charge in [0.2, 0.25) is 0 Å². The van der Waals surface area contributed by atoms with E-state index in [2.05, 4.69) is 6.92 Å². The highest BCUT2D eigenvalue weighted by Gasteiger charge is 1.99. The van der Waals surface area contributed by atoms with E-state index in [1.54, 1.807) is 24.3 Å². The summed E-state index contributed by atoms with van der Waals surface area (Å²) >= 11 is 0. The van der Waals surface area contributed by atoms with E-state index in [9.17, 15) is 0 Å². The lowest BCUT2D eigenvalue weighted by atomic mass is 10.1. The molecule has 2 heteroatoms. The van der Waals surface area contributed by atoms with Gasteiger partial charge in [-0.2, -0.15) is 0 Å². The molecule has 1 radical (unpaired) electrons. The Labute approximate surface area is 59.7 Å². The summed E-state index contributed by atoms with van der Waals surface area (Å²) in [5.74, 6) is 0. The lowest BCUT2D eigenvalue weighted by Crippen LogP contribution is -1.93. The maximum absolute atomic E-state index is 8.68. The second-order valence-corrected chi connectivity index (χ2v) is 2.12. The molecule has 0 fully saturated rings. The molecule has 0 aliphatic carbocycles. The van der Waals surface area contributed by atoms with Crippen LogP contribution in [0.2, 0.25) is 0 Å². The summed E-state index contributed by atoms with van der Waals surface area (Å²) in [5.41, 5.74) is 1.26. The molecule has 0 spiro atoms. The molecule has 0 saturated heterocycles. The molecule has 0 heterocycles. The first-order chi connectivity index (χ1) is 4.70. The van der Waals surface area contributed by atoms with Crippen LogP contribution in [0.1, 0.15) is 17.4 Å². The number of aliphatic hydroxyl groups is 2. The molecule has 1 aromatic rings. The van der Waals surface area contributed by atoms with Crippen LogP contribution >= 0.6 is 0 Å². The molecule has 1 aromatic carbocycles. The van der Waals surface area contributed by atoms with Crippen LogP contribution in [0.5, 0.6) is 0 Å². The zero-order valence-corrected chi connectivity index (χ0v) is 5.49. The van der Waals surface area contributed by atoms with Gasteiger partial charge in [-0.15, -0.1) is 0 Å². The van der Waals surface area contributed by atoms with Gasteiger partial charge in [-0.1, -0.05) is 24.3 Å². The van der Waals surface area contributed by atoms with E-state index >= 15 is 0 Å². The lowest BCUT2D eigenvalue weighted by Gasteiger charge is -2.02. The predicted octanol–water partition coefficient (Wildman–Crippen LogP) is 0.852. The molecule has 0 aliphatic heterocycles. The van der Waals surface area contributed by atoms with Crippen molar-refractivity contribution in [2.24, 2.45) is 0 Å². The molecule has 0 bridgehead atoms. The summed E-state index contributed by atoms with van der Waals surface area (Å²) in [4.78, 5) is 0. The van der Waals surface area contributed by atoms with Crippen molar-refractivity contribution in [1.29, 1.82) is 0 Å². The maximum Gasteiger partial charge on any atom is 0.178 e. The van der Waals surface area contributed by atoms with Crippen molar-refractivity contribution in [1.82, 2.24) is 0 Å². The highest BCUT2D eigenvalue weighted by molar-refractivity contribution is 5.25. The standard InChI is InChI=1S/C8H9O2/c1-6-3-2-4-7(5-6)8(9)10/h2-5,8-10H,1H2. The Morgan fingerprint density at radius 1 is 1.30 bits per heavy atom. The summed E-state index contributed by atoms with van der Waals surface area (Å²) in [6.45, 7) is 3.64. The Kier molecular flexibility index (Phi) is 2.04. The average Bonchev–Trinajstić information content (AvgIpc) is 1.88. The van der Waals surface area contributed by atoms with Gasteiger partial charge in [0.05, 0.1) is 0 Å². The summed E-state index contributed by atoms with van der Waals surface area (Å²) in [7, 11) is 0. The average molecular weight is 137 g/mol. The van der Waals surface area contributed by atoms with Crippen molar-refractivity contribution in [3.8, 4) is 0 Å². The molecule has 0 unspecified atom stereocenters. The number of benzene rings is 1. The molecular formula is C8H9O2. The largest absolute Gasteiger partial charge is 0.364 e. The van der Waals surface area contributed by atoms with Crippen molar-refractivity contribution in [3.05, 3.63) is 42.3 Å². The Bertz CT molecular complexity index is 218. The fourth-order valence-corrected chi connectivity index (χ4v) is 0.754. The summed E-state index contributed by atoms with van der Waals surface area (Å²) in [6.07, 6.45) is -1.39. The van der Waals surface area contributed by atoms with Crippen molar-refractivity contribution >= 4 is 0 Å². The quantitative estimate of drug-likeness (QED) is 0.563. The normalized spacial score (nSPS) is 10.4. The van der Waals surface area contributed by atoms with E-state index in [4.69, 9.17) is 10.2 Å². The monoisotopic (exact) mass is 137 g/mol. The van der Waals surface area contributed by atoms with Gasteiger partial charge in [-0.25, -0.2) is 0 Å². The molecule has 53 valence electrons. The SMILES string of the molecule is [CH2]c1cccc(C(O)O)c1. The Hall–Kier alpha value is -0.860. The molecular weight excluding hydrogens is 128 g/mol. The Morgan fingerprint density at radius 2 is 2.00 bits per heavy atom. The van der Waals surface area contributed by atoms with Crippen LogP contribution in [0.4, 0.5) is 0 Å². The number of hydrogen-bond acceptors (Lipinski definition) is 2.